The molecule has 1 N–H and O–H groups in total. The van der Waals surface area contributed by atoms with Crippen LogP contribution in [-0.4, -0.2) is 17.6 Å². The van der Waals surface area contributed by atoms with Crippen molar-refractivity contribution < 1.29 is 14.4 Å². The number of hydrogen-bond donors (Lipinski definition) is 1. The maximum atomic E-state index is 13.5. The zero-order valence-corrected chi connectivity index (χ0v) is 20.2. The van der Waals surface area contributed by atoms with Gasteiger partial charge in [-0.25, -0.2) is 4.79 Å². The molecule has 8 heteroatoms. The first-order valence-electron chi connectivity index (χ1n) is 10.3. The Balaban J connectivity index is 1.60. The molecule has 0 spiro atoms. The van der Waals surface area contributed by atoms with Crippen LogP contribution in [0, 0.1) is 16.2 Å². The average molecular weight is 494 g/mol. The number of carbonyl (C=O) groups is 2. The smallest absolute Gasteiger partial charge is 0.324 e. The number of rotatable bonds is 4. The van der Waals surface area contributed by atoms with Crippen LogP contribution in [0.25, 0.3) is 0 Å². The van der Waals surface area contributed by atoms with E-state index in [0.29, 0.717) is 34.3 Å². The summed E-state index contributed by atoms with van der Waals surface area (Å²) in [7, 11) is 0. The van der Waals surface area contributed by atoms with Gasteiger partial charge in [0.2, 0.25) is 5.91 Å². The van der Waals surface area contributed by atoms with Gasteiger partial charge in [0.1, 0.15) is 0 Å². The lowest BCUT2D eigenvalue weighted by Gasteiger charge is -2.39. The molecule has 2 aliphatic rings. The summed E-state index contributed by atoms with van der Waals surface area (Å²) in [5.41, 5.74) is -0.0409. The Morgan fingerprint density at radius 2 is 1.72 bits per heavy atom. The molecule has 0 saturated heterocycles. The number of halogens is 3. The van der Waals surface area contributed by atoms with Crippen LogP contribution in [0.3, 0.4) is 0 Å². The van der Waals surface area contributed by atoms with Crippen LogP contribution in [0.5, 0.6) is 0 Å². The monoisotopic (exact) mass is 492 g/mol. The second-order valence-electron chi connectivity index (χ2n) is 9.19. The van der Waals surface area contributed by atoms with E-state index in [9.17, 15) is 9.59 Å². The van der Waals surface area contributed by atoms with Gasteiger partial charge in [-0.3, -0.25) is 4.79 Å². The number of oxime groups is 1. The molecule has 1 amide bonds. The van der Waals surface area contributed by atoms with E-state index in [4.69, 9.17) is 39.6 Å². The number of nitrogens with zero attached hydrogens (tertiary/aromatic N) is 1. The highest BCUT2D eigenvalue weighted by atomic mass is 35.5. The van der Waals surface area contributed by atoms with Crippen molar-refractivity contribution in [2.24, 2.45) is 21.4 Å². The maximum Gasteiger partial charge on any atom is 0.367 e. The summed E-state index contributed by atoms with van der Waals surface area (Å²) < 4.78 is 0. The fourth-order valence-electron chi connectivity index (χ4n) is 5.13. The van der Waals surface area contributed by atoms with E-state index in [2.05, 4.69) is 31.2 Å². The van der Waals surface area contributed by atoms with Gasteiger partial charge >= 0.3 is 5.97 Å². The van der Waals surface area contributed by atoms with Crippen molar-refractivity contribution >= 4 is 58.1 Å². The Bertz CT molecular complexity index is 1150. The predicted molar refractivity (Wildman–Crippen MR) is 128 cm³/mol. The minimum absolute atomic E-state index is 0.100. The van der Waals surface area contributed by atoms with Crippen molar-refractivity contribution in [2.75, 3.05) is 5.32 Å². The zero-order chi connectivity index (χ0) is 23.3. The highest BCUT2D eigenvalue weighted by molar-refractivity contribution is 6.36. The number of hydrogen-bond acceptors (Lipinski definition) is 4. The first-order valence-corrected chi connectivity index (χ1v) is 11.4. The molecule has 2 unspecified atom stereocenters. The summed E-state index contributed by atoms with van der Waals surface area (Å²) in [5.74, 6) is -0.769. The van der Waals surface area contributed by atoms with Gasteiger partial charge in [-0.1, -0.05) is 72.9 Å². The molecule has 2 aromatic carbocycles. The molecule has 2 atom stereocenters. The molecule has 2 aliphatic carbocycles. The van der Waals surface area contributed by atoms with Gasteiger partial charge in [-0.15, -0.1) is 0 Å². The van der Waals surface area contributed by atoms with Crippen LogP contribution in [0.2, 0.25) is 15.1 Å². The molecule has 32 heavy (non-hydrogen) atoms. The standard InChI is InChI=1S/C24H23Cl3N2O3/c1-22(2)23(3)10-11-24(22,21(31)28-18-7-5-4-6-16(18)26)13-19(23)29-32-20(30)15-9-8-14(25)12-17(15)27/h4-9,12H,10-11,13H2,1-3H3,(H,28,31). The van der Waals surface area contributed by atoms with Crippen LogP contribution < -0.4 is 5.32 Å². The molecular formula is C24H23Cl3N2O3. The van der Waals surface area contributed by atoms with E-state index >= 15 is 0 Å². The van der Waals surface area contributed by atoms with Crippen LogP contribution in [0.4, 0.5) is 5.69 Å². The van der Waals surface area contributed by atoms with E-state index in [1.807, 2.05) is 12.1 Å². The lowest BCUT2D eigenvalue weighted by Crippen LogP contribution is -2.43. The number of anilines is 1. The van der Waals surface area contributed by atoms with Crippen LogP contribution >= 0.6 is 34.8 Å². The predicted octanol–water partition coefficient (Wildman–Crippen LogP) is 7.01. The van der Waals surface area contributed by atoms with Gasteiger partial charge in [0.05, 0.1) is 32.4 Å². The second kappa shape index (κ2) is 8.05. The number of benzene rings is 2. The van der Waals surface area contributed by atoms with E-state index in [0.717, 1.165) is 6.42 Å². The van der Waals surface area contributed by atoms with Gasteiger partial charge in [-0.05, 0) is 48.6 Å². The quantitative estimate of drug-likeness (QED) is 0.368. The number of para-hydroxylation sites is 1. The van der Waals surface area contributed by atoms with Crippen LogP contribution in [-0.2, 0) is 9.63 Å². The topological polar surface area (TPSA) is 67.8 Å². The van der Waals surface area contributed by atoms with Gasteiger partial charge in [0.25, 0.3) is 0 Å². The molecule has 0 radical (unpaired) electrons. The summed E-state index contributed by atoms with van der Waals surface area (Å²) in [4.78, 5) is 31.3. The van der Waals surface area contributed by atoms with Gasteiger partial charge in [-0.2, -0.15) is 0 Å². The molecule has 0 aliphatic heterocycles. The van der Waals surface area contributed by atoms with E-state index in [-0.39, 0.29) is 16.5 Å². The summed E-state index contributed by atoms with van der Waals surface area (Å²) in [5, 5.41) is 8.34. The Hall–Kier alpha value is -2.08. The lowest BCUT2D eigenvalue weighted by atomic mass is 9.64. The third-order valence-electron chi connectivity index (χ3n) is 7.68. The summed E-state index contributed by atoms with van der Waals surface area (Å²) in [6, 6.07) is 11.7. The molecule has 2 fully saturated rings. The Morgan fingerprint density at radius 1 is 1.00 bits per heavy atom. The van der Waals surface area contributed by atoms with Gasteiger partial charge < -0.3 is 10.2 Å². The molecule has 2 aromatic rings. The fraction of sp³-hybridized carbons (Fsp3) is 0.375. The first-order chi connectivity index (χ1) is 15.0. The number of nitrogens with one attached hydrogen (secondary N) is 1. The van der Waals surface area contributed by atoms with Crippen molar-refractivity contribution in [1.29, 1.82) is 0 Å². The van der Waals surface area contributed by atoms with Gasteiger partial charge in [0, 0.05) is 16.9 Å². The second-order valence-corrected chi connectivity index (χ2v) is 10.4. The van der Waals surface area contributed by atoms with Crippen LogP contribution in [0.1, 0.15) is 50.4 Å². The third-order valence-corrected chi connectivity index (χ3v) is 8.56. The summed E-state index contributed by atoms with van der Waals surface area (Å²) >= 11 is 18.3. The molecule has 2 saturated carbocycles. The SMILES string of the molecule is CC12CCC(C(=O)Nc3ccccc3Cl)(CC1=NOC(=O)c1ccc(Cl)cc1Cl)C2(C)C. The van der Waals surface area contributed by atoms with Crippen molar-refractivity contribution in [3.8, 4) is 0 Å². The van der Waals surface area contributed by atoms with Crippen LogP contribution in [0.15, 0.2) is 47.6 Å². The summed E-state index contributed by atoms with van der Waals surface area (Å²) in [6.45, 7) is 6.23. The molecule has 0 aromatic heterocycles. The molecule has 168 valence electrons. The molecular weight excluding hydrogens is 471 g/mol. The largest absolute Gasteiger partial charge is 0.367 e. The first kappa shape index (κ1) is 23.1. The van der Waals surface area contributed by atoms with Crippen molar-refractivity contribution in [1.82, 2.24) is 0 Å². The lowest BCUT2D eigenvalue weighted by molar-refractivity contribution is -0.130. The van der Waals surface area contributed by atoms with E-state index in [1.165, 1.54) is 12.1 Å². The highest BCUT2D eigenvalue weighted by Crippen LogP contribution is 2.71. The van der Waals surface area contributed by atoms with Crippen molar-refractivity contribution in [3.05, 3.63) is 63.1 Å². The third kappa shape index (κ3) is 3.42. The fourth-order valence-corrected chi connectivity index (χ4v) is 5.80. The highest BCUT2D eigenvalue weighted by Gasteiger charge is 2.71. The number of carbonyl (C=O) groups excluding carboxylic acids is 2. The Labute approximate surface area is 202 Å². The minimum Gasteiger partial charge on any atom is -0.324 e. The molecule has 2 bridgehead atoms. The van der Waals surface area contributed by atoms with Crippen molar-refractivity contribution in [3.63, 3.8) is 0 Å². The number of fused-ring (bicyclic) bond motifs is 2. The Morgan fingerprint density at radius 3 is 2.41 bits per heavy atom. The van der Waals surface area contributed by atoms with E-state index in [1.54, 1.807) is 18.2 Å². The maximum absolute atomic E-state index is 13.5. The average Bonchev–Trinajstić information content (AvgIpc) is 3.04. The minimum atomic E-state index is -0.690. The van der Waals surface area contributed by atoms with E-state index < -0.39 is 22.2 Å². The molecule has 0 heterocycles. The molecule has 5 nitrogen and oxygen atoms in total. The van der Waals surface area contributed by atoms with Crippen molar-refractivity contribution in [2.45, 2.75) is 40.0 Å². The zero-order valence-electron chi connectivity index (χ0n) is 18.0. The Kier molecular flexibility index (Phi) is 5.81. The molecule has 4 rings (SSSR count). The summed E-state index contributed by atoms with van der Waals surface area (Å²) in [6.07, 6.45) is 1.87. The normalized spacial score (nSPS) is 26.9. The van der Waals surface area contributed by atoms with Gasteiger partial charge in [0.15, 0.2) is 0 Å². The number of amides is 1.